The van der Waals surface area contributed by atoms with E-state index in [9.17, 15) is 9.18 Å². The summed E-state index contributed by atoms with van der Waals surface area (Å²) in [6.45, 7) is 0.411. The fraction of sp³-hybridized carbons (Fsp3) is 0.105. The van der Waals surface area contributed by atoms with Crippen molar-refractivity contribution >= 4 is 17.5 Å². The van der Waals surface area contributed by atoms with Gasteiger partial charge in [-0.25, -0.2) is 14.2 Å². The highest BCUT2D eigenvalue weighted by Gasteiger charge is 2.11. The number of hydrogen-bond acceptors (Lipinski definition) is 7. The van der Waals surface area contributed by atoms with Crippen LogP contribution in [0.1, 0.15) is 15.9 Å². The van der Waals surface area contributed by atoms with E-state index < -0.39 is 5.97 Å². The molecule has 0 atom stereocenters. The topological polar surface area (TPSA) is 99.4 Å². The van der Waals surface area contributed by atoms with Crippen molar-refractivity contribution in [2.75, 3.05) is 18.2 Å². The minimum absolute atomic E-state index is 0.178. The molecule has 0 aliphatic rings. The Balaban J connectivity index is 1.70. The van der Waals surface area contributed by atoms with E-state index in [0.29, 0.717) is 23.7 Å². The molecule has 7 nitrogen and oxygen atoms in total. The Morgan fingerprint density at radius 1 is 1.11 bits per heavy atom. The number of halogens is 1. The van der Waals surface area contributed by atoms with Crippen LogP contribution in [0.2, 0.25) is 0 Å². The molecule has 3 N–H and O–H groups in total. The molecule has 8 heteroatoms. The van der Waals surface area contributed by atoms with Crippen LogP contribution in [-0.2, 0) is 11.3 Å². The van der Waals surface area contributed by atoms with Crippen LogP contribution < -0.4 is 15.8 Å². The van der Waals surface area contributed by atoms with E-state index in [2.05, 4.69) is 20.0 Å². The zero-order chi connectivity index (χ0) is 19.2. The molecule has 0 amide bonds. The van der Waals surface area contributed by atoms with Gasteiger partial charge in [-0.1, -0.05) is 12.1 Å². The maximum atomic E-state index is 13.0. The lowest BCUT2D eigenvalue weighted by Gasteiger charge is -2.12. The van der Waals surface area contributed by atoms with E-state index in [1.807, 2.05) is 0 Å². The van der Waals surface area contributed by atoms with Gasteiger partial charge >= 0.3 is 5.97 Å². The summed E-state index contributed by atoms with van der Waals surface area (Å²) in [6.07, 6.45) is 1.32. The molecule has 0 aliphatic carbocycles. The zero-order valence-corrected chi connectivity index (χ0v) is 14.5. The minimum atomic E-state index is -0.435. The predicted molar refractivity (Wildman–Crippen MR) is 98.0 cm³/mol. The van der Waals surface area contributed by atoms with E-state index in [-0.39, 0.29) is 17.4 Å². The van der Waals surface area contributed by atoms with Gasteiger partial charge in [0.25, 0.3) is 0 Å². The molecule has 0 aliphatic heterocycles. The lowest BCUT2D eigenvalue weighted by Crippen LogP contribution is -2.07. The lowest BCUT2D eigenvalue weighted by molar-refractivity contribution is 0.0600. The van der Waals surface area contributed by atoms with Crippen molar-refractivity contribution in [3.63, 3.8) is 0 Å². The van der Waals surface area contributed by atoms with Crippen molar-refractivity contribution < 1.29 is 18.7 Å². The van der Waals surface area contributed by atoms with Crippen LogP contribution in [0.4, 0.5) is 15.9 Å². The Labute approximate surface area is 155 Å². The Kier molecular flexibility index (Phi) is 5.46. The summed E-state index contributed by atoms with van der Waals surface area (Å²) in [6, 6.07) is 12.5. The normalized spacial score (nSPS) is 10.3. The number of nitrogens with one attached hydrogen (secondary N) is 1. The maximum absolute atomic E-state index is 13.0. The minimum Gasteiger partial charge on any atom is -0.465 e. The van der Waals surface area contributed by atoms with Crippen molar-refractivity contribution in [1.29, 1.82) is 0 Å². The number of ether oxygens (including phenoxy) is 2. The number of carbonyl (C=O) groups excluding carboxylic acids is 1. The lowest BCUT2D eigenvalue weighted by atomic mass is 10.2. The van der Waals surface area contributed by atoms with Crippen LogP contribution in [-0.4, -0.2) is 23.0 Å². The molecule has 1 aromatic heterocycles. The second kappa shape index (κ2) is 8.13. The van der Waals surface area contributed by atoms with Gasteiger partial charge in [-0.05, 0) is 42.0 Å². The standard InChI is InChI=1S/C19H17FN4O3/c1-26-19(25)13-4-8-15(9-5-13)27-18-16(21)17(23-11-24-18)22-10-12-2-6-14(20)7-3-12/h2-9,11H,10,21H2,1H3,(H,22,23,24). The van der Waals surface area contributed by atoms with Crippen LogP contribution in [0, 0.1) is 5.82 Å². The Morgan fingerprint density at radius 2 is 1.81 bits per heavy atom. The van der Waals surface area contributed by atoms with Gasteiger partial charge in [-0.15, -0.1) is 0 Å². The van der Waals surface area contributed by atoms with Gasteiger partial charge in [0, 0.05) is 6.54 Å². The molecule has 0 spiro atoms. The van der Waals surface area contributed by atoms with Crippen molar-refractivity contribution in [2.45, 2.75) is 6.54 Å². The summed E-state index contributed by atoms with van der Waals surface area (Å²) in [7, 11) is 1.31. The number of nitrogen functional groups attached to an aromatic ring is 1. The third kappa shape index (κ3) is 4.49. The SMILES string of the molecule is COC(=O)c1ccc(Oc2ncnc(NCc3ccc(F)cc3)c2N)cc1. The average molecular weight is 368 g/mol. The fourth-order valence-electron chi connectivity index (χ4n) is 2.28. The molecular weight excluding hydrogens is 351 g/mol. The third-order valence-corrected chi connectivity index (χ3v) is 3.71. The van der Waals surface area contributed by atoms with Crippen molar-refractivity contribution in [3.8, 4) is 11.6 Å². The number of hydrogen-bond donors (Lipinski definition) is 2. The fourth-order valence-corrected chi connectivity index (χ4v) is 2.28. The molecule has 0 saturated heterocycles. The number of carbonyl (C=O) groups is 1. The van der Waals surface area contributed by atoms with Gasteiger partial charge in [0.2, 0.25) is 5.88 Å². The number of esters is 1. The van der Waals surface area contributed by atoms with Crippen LogP contribution in [0.5, 0.6) is 11.6 Å². The second-order valence-corrected chi connectivity index (χ2v) is 5.54. The summed E-state index contributed by atoms with van der Waals surface area (Å²) in [5.41, 5.74) is 7.58. The molecule has 1 heterocycles. The molecule has 0 radical (unpaired) electrons. The van der Waals surface area contributed by atoms with E-state index in [4.69, 9.17) is 10.5 Å². The summed E-state index contributed by atoms with van der Waals surface area (Å²) in [5, 5.41) is 3.07. The largest absolute Gasteiger partial charge is 0.465 e. The highest BCUT2D eigenvalue weighted by Crippen LogP contribution is 2.29. The van der Waals surface area contributed by atoms with Crippen LogP contribution >= 0.6 is 0 Å². The zero-order valence-electron chi connectivity index (χ0n) is 14.5. The van der Waals surface area contributed by atoms with Gasteiger partial charge in [0.1, 0.15) is 23.6 Å². The summed E-state index contributed by atoms with van der Waals surface area (Å²) < 4.78 is 23.3. The Morgan fingerprint density at radius 3 is 2.48 bits per heavy atom. The number of methoxy groups -OCH3 is 1. The first kappa shape index (κ1) is 18.1. The van der Waals surface area contributed by atoms with Crippen molar-refractivity contribution in [1.82, 2.24) is 9.97 Å². The molecular formula is C19H17FN4O3. The second-order valence-electron chi connectivity index (χ2n) is 5.54. The number of anilines is 2. The molecule has 3 rings (SSSR count). The maximum Gasteiger partial charge on any atom is 0.337 e. The first-order valence-corrected chi connectivity index (χ1v) is 8.02. The van der Waals surface area contributed by atoms with Crippen LogP contribution in [0.3, 0.4) is 0 Å². The molecule has 0 bridgehead atoms. The molecule has 3 aromatic rings. The van der Waals surface area contributed by atoms with Gasteiger partial charge in [0.05, 0.1) is 12.7 Å². The van der Waals surface area contributed by atoms with Gasteiger partial charge < -0.3 is 20.5 Å². The van der Waals surface area contributed by atoms with E-state index in [1.54, 1.807) is 36.4 Å². The number of nitrogens with zero attached hydrogens (tertiary/aromatic N) is 2. The van der Waals surface area contributed by atoms with E-state index in [1.165, 1.54) is 25.6 Å². The molecule has 0 saturated carbocycles. The van der Waals surface area contributed by atoms with Crippen LogP contribution in [0.15, 0.2) is 54.9 Å². The average Bonchev–Trinajstić information content (AvgIpc) is 2.70. The smallest absolute Gasteiger partial charge is 0.337 e. The highest BCUT2D eigenvalue weighted by molar-refractivity contribution is 5.89. The first-order valence-electron chi connectivity index (χ1n) is 8.02. The highest BCUT2D eigenvalue weighted by atomic mass is 19.1. The molecule has 0 fully saturated rings. The summed E-state index contributed by atoms with van der Waals surface area (Å²) in [5.74, 6) is 0.301. The van der Waals surface area contributed by atoms with Gasteiger partial charge in [0.15, 0.2) is 5.82 Å². The van der Waals surface area contributed by atoms with Crippen molar-refractivity contribution in [3.05, 3.63) is 71.8 Å². The van der Waals surface area contributed by atoms with Gasteiger partial charge in [-0.3, -0.25) is 0 Å². The summed E-state index contributed by atoms with van der Waals surface area (Å²) in [4.78, 5) is 19.6. The summed E-state index contributed by atoms with van der Waals surface area (Å²) >= 11 is 0. The molecule has 0 unspecified atom stereocenters. The van der Waals surface area contributed by atoms with E-state index in [0.717, 1.165) is 5.56 Å². The molecule has 27 heavy (non-hydrogen) atoms. The van der Waals surface area contributed by atoms with E-state index >= 15 is 0 Å². The quantitative estimate of drug-likeness (QED) is 0.643. The Hall–Kier alpha value is -3.68. The predicted octanol–water partition coefficient (Wildman–Crippen LogP) is 3.39. The number of nitrogens with two attached hydrogens (primary N) is 1. The molecule has 138 valence electrons. The monoisotopic (exact) mass is 368 g/mol. The van der Waals surface area contributed by atoms with Gasteiger partial charge in [-0.2, -0.15) is 4.98 Å². The number of aromatic nitrogens is 2. The Bertz CT molecular complexity index is 931. The number of benzene rings is 2. The molecule has 2 aromatic carbocycles. The number of rotatable bonds is 6. The first-order chi connectivity index (χ1) is 13.1. The third-order valence-electron chi connectivity index (χ3n) is 3.71. The van der Waals surface area contributed by atoms with Crippen molar-refractivity contribution in [2.24, 2.45) is 0 Å². The van der Waals surface area contributed by atoms with Crippen LogP contribution in [0.25, 0.3) is 0 Å².